The third-order valence-electron chi connectivity index (χ3n) is 2.68. The standard InChI is InChI=1S/C12H8O3SSe/c13-16-9-5-1-3-7-11(9)17(14,15)12-8-4-2-6-10(12)16/h1-8H. The van der Waals surface area contributed by atoms with Crippen LogP contribution in [-0.2, 0) is 18.5 Å². The Morgan fingerprint density at radius 2 is 1.18 bits per heavy atom. The number of hydrogen-bond acceptors (Lipinski definition) is 3. The first-order valence-corrected chi connectivity index (χ1v) is 9.23. The maximum atomic E-state index is 12.4. The molecule has 0 aromatic heterocycles. The van der Waals surface area contributed by atoms with Gasteiger partial charge in [-0.2, -0.15) is 0 Å². The van der Waals surface area contributed by atoms with Crippen LogP contribution in [0.25, 0.3) is 0 Å². The van der Waals surface area contributed by atoms with Gasteiger partial charge in [0, 0.05) is 0 Å². The second kappa shape index (κ2) is 3.60. The Hall–Kier alpha value is -1.29. The fourth-order valence-electron chi connectivity index (χ4n) is 1.89. The molecule has 3 rings (SSSR count). The Morgan fingerprint density at radius 3 is 1.65 bits per heavy atom. The van der Waals surface area contributed by atoms with Gasteiger partial charge >= 0.3 is 103 Å². The van der Waals surface area contributed by atoms with Crippen molar-refractivity contribution in [3.05, 3.63) is 48.5 Å². The van der Waals surface area contributed by atoms with E-state index in [1.807, 2.05) is 0 Å². The molecule has 0 saturated heterocycles. The minimum atomic E-state index is -4.37. The van der Waals surface area contributed by atoms with Gasteiger partial charge in [0.15, 0.2) is 0 Å². The molecule has 1 aliphatic rings. The van der Waals surface area contributed by atoms with E-state index in [1.54, 1.807) is 36.4 Å². The zero-order valence-corrected chi connectivity index (χ0v) is 11.2. The molecule has 0 fully saturated rings. The van der Waals surface area contributed by atoms with Gasteiger partial charge in [-0.3, -0.25) is 0 Å². The Morgan fingerprint density at radius 1 is 0.765 bits per heavy atom. The van der Waals surface area contributed by atoms with Crippen molar-refractivity contribution in [3.8, 4) is 0 Å². The van der Waals surface area contributed by atoms with E-state index in [9.17, 15) is 11.9 Å². The van der Waals surface area contributed by atoms with E-state index in [0.29, 0.717) is 9.79 Å². The normalized spacial score (nSPS) is 17.2. The molecule has 0 N–H and O–H groups in total. The molecular weight excluding hydrogens is 303 g/mol. The second-order valence-electron chi connectivity index (χ2n) is 3.67. The van der Waals surface area contributed by atoms with Gasteiger partial charge in [0.25, 0.3) is 0 Å². The van der Waals surface area contributed by atoms with E-state index >= 15 is 0 Å². The number of rotatable bonds is 0. The summed E-state index contributed by atoms with van der Waals surface area (Å²) in [4.78, 5) is 0.799. The first-order valence-electron chi connectivity index (χ1n) is 4.97. The van der Waals surface area contributed by atoms with Crippen molar-refractivity contribution in [1.82, 2.24) is 0 Å². The van der Waals surface area contributed by atoms with E-state index in [-0.39, 0.29) is 8.92 Å². The molecule has 17 heavy (non-hydrogen) atoms. The molecule has 86 valence electrons. The van der Waals surface area contributed by atoms with Crippen LogP contribution >= 0.6 is 0 Å². The summed E-state index contributed by atoms with van der Waals surface area (Å²) < 4.78 is 37.5. The van der Waals surface area contributed by atoms with Crippen LogP contribution in [0, 0.1) is 0 Å². The molecular formula is C12H8O3SSe. The average Bonchev–Trinajstić information content (AvgIpc) is 2.37. The Labute approximate surface area is 103 Å². The summed E-state index contributed by atoms with van der Waals surface area (Å²) in [6.45, 7) is 0. The SMILES string of the molecule is O=S1c2ccccc2[Se](=O)(=O)c2ccccc21. The van der Waals surface area contributed by atoms with Gasteiger partial charge < -0.3 is 0 Å². The van der Waals surface area contributed by atoms with Gasteiger partial charge in [0.2, 0.25) is 0 Å². The molecule has 0 unspecified atom stereocenters. The fourth-order valence-corrected chi connectivity index (χ4v) is 8.10. The molecule has 2 aromatic carbocycles. The molecule has 0 bridgehead atoms. The zero-order valence-electron chi connectivity index (χ0n) is 8.66. The number of fused-ring (bicyclic) bond motifs is 2. The van der Waals surface area contributed by atoms with Crippen molar-refractivity contribution in [1.29, 1.82) is 0 Å². The fraction of sp³-hybridized carbons (Fsp3) is 0. The quantitative estimate of drug-likeness (QED) is 0.571. The molecule has 3 nitrogen and oxygen atoms in total. The van der Waals surface area contributed by atoms with E-state index in [4.69, 9.17) is 0 Å². The van der Waals surface area contributed by atoms with Crippen LogP contribution in [0.2, 0.25) is 0 Å². The first-order chi connectivity index (χ1) is 8.12. The maximum absolute atomic E-state index is 12.4. The molecule has 0 spiro atoms. The summed E-state index contributed by atoms with van der Waals surface area (Å²) >= 11 is -4.37. The summed E-state index contributed by atoms with van der Waals surface area (Å²) in [7, 11) is -1.40. The predicted octanol–water partition coefficient (Wildman–Crippen LogP) is 0.584. The van der Waals surface area contributed by atoms with Gasteiger partial charge in [0.1, 0.15) is 0 Å². The summed E-state index contributed by atoms with van der Waals surface area (Å²) in [6, 6.07) is 13.0. The van der Waals surface area contributed by atoms with Crippen molar-refractivity contribution < 1.29 is 11.9 Å². The molecule has 5 heteroatoms. The van der Waals surface area contributed by atoms with Crippen LogP contribution in [0.1, 0.15) is 0 Å². The molecule has 1 heterocycles. The van der Waals surface area contributed by atoms with Crippen LogP contribution < -0.4 is 8.92 Å². The van der Waals surface area contributed by atoms with Crippen LogP contribution in [0.15, 0.2) is 58.3 Å². The first kappa shape index (κ1) is 10.8. The second-order valence-corrected chi connectivity index (χ2v) is 9.04. The van der Waals surface area contributed by atoms with Crippen LogP contribution in [0.5, 0.6) is 0 Å². The third kappa shape index (κ3) is 1.43. The van der Waals surface area contributed by atoms with Gasteiger partial charge in [-0.05, 0) is 0 Å². The molecule has 0 atom stereocenters. The number of benzene rings is 2. The van der Waals surface area contributed by atoms with Crippen molar-refractivity contribution in [2.24, 2.45) is 0 Å². The van der Waals surface area contributed by atoms with E-state index in [1.165, 1.54) is 12.1 Å². The van der Waals surface area contributed by atoms with Gasteiger partial charge in [-0.15, -0.1) is 0 Å². The van der Waals surface area contributed by atoms with E-state index in [2.05, 4.69) is 0 Å². The molecule has 0 saturated carbocycles. The van der Waals surface area contributed by atoms with Crippen molar-refractivity contribution >= 4 is 32.4 Å². The van der Waals surface area contributed by atoms with Gasteiger partial charge in [0.05, 0.1) is 0 Å². The topological polar surface area (TPSA) is 51.2 Å². The molecule has 1 aliphatic heterocycles. The molecule has 0 radical (unpaired) electrons. The van der Waals surface area contributed by atoms with Gasteiger partial charge in [-0.1, -0.05) is 0 Å². The molecule has 2 aromatic rings. The van der Waals surface area contributed by atoms with E-state index in [0.717, 1.165) is 0 Å². The Kier molecular flexibility index (Phi) is 2.30. The minimum absolute atomic E-state index is 0.223. The predicted molar refractivity (Wildman–Crippen MR) is 64.0 cm³/mol. The number of hydrogen-bond donors (Lipinski definition) is 0. The third-order valence-corrected chi connectivity index (χ3v) is 8.69. The van der Waals surface area contributed by atoms with Crippen molar-refractivity contribution in [2.75, 3.05) is 0 Å². The van der Waals surface area contributed by atoms with E-state index < -0.39 is 23.5 Å². The summed E-state index contributed by atoms with van der Waals surface area (Å²) in [5.41, 5.74) is 0. The summed E-state index contributed by atoms with van der Waals surface area (Å²) in [5.74, 6) is 0. The van der Waals surface area contributed by atoms with Crippen molar-refractivity contribution in [3.63, 3.8) is 0 Å². The van der Waals surface area contributed by atoms with Crippen LogP contribution in [0.3, 0.4) is 0 Å². The molecule has 0 amide bonds. The van der Waals surface area contributed by atoms with Crippen LogP contribution in [0.4, 0.5) is 0 Å². The monoisotopic (exact) mass is 312 g/mol. The Bertz CT molecular complexity index is 679. The summed E-state index contributed by atoms with van der Waals surface area (Å²) in [6.07, 6.45) is 0. The Balaban J connectivity index is 2.47. The molecule has 0 aliphatic carbocycles. The summed E-state index contributed by atoms with van der Waals surface area (Å²) in [5, 5.41) is 0. The van der Waals surface area contributed by atoms with Gasteiger partial charge in [-0.25, -0.2) is 0 Å². The van der Waals surface area contributed by atoms with Crippen molar-refractivity contribution in [2.45, 2.75) is 9.79 Å². The zero-order chi connectivity index (χ0) is 12.0. The van der Waals surface area contributed by atoms with Crippen LogP contribution in [-0.4, -0.2) is 16.9 Å². The average molecular weight is 311 g/mol.